The van der Waals surface area contributed by atoms with Crippen molar-refractivity contribution in [1.29, 1.82) is 0 Å². The van der Waals surface area contributed by atoms with Crippen LogP contribution in [0, 0.1) is 21.3 Å². The number of fused-ring (bicyclic) bond motifs is 2. The maximum atomic E-state index is 6.18. The van der Waals surface area contributed by atoms with Gasteiger partial charge in [0, 0.05) is 10.1 Å². The summed E-state index contributed by atoms with van der Waals surface area (Å²) in [7, 11) is 0. The zero-order valence-corrected chi connectivity index (χ0v) is 12.4. The van der Waals surface area contributed by atoms with Crippen molar-refractivity contribution in [3.05, 3.63) is 38.9 Å². The summed E-state index contributed by atoms with van der Waals surface area (Å²) in [5.74, 6) is 2.44. The summed E-state index contributed by atoms with van der Waals surface area (Å²) >= 11 is 8.50. The molecule has 3 heteroatoms. The predicted molar refractivity (Wildman–Crippen MR) is 81.5 cm³/mol. The number of rotatable bonds is 3. The number of nitrogens with one attached hydrogen (secondary N) is 1. The lowest BCUT2D eigenvalue weighted by atomic mass is 9.93. The lowest BCUT2D eigenvalue weighted by molar-refractivity contribution is 0.472. The van der Waals surface area contributed by atoms with E-state index >= 15 is 0 Å². The van der Waals surface area contributed by atoms with Crippen molar-refractivity contribution >= 4 is 39.9 Å². The first-order valence-electron chi connectivity index (χ1n) is 6.09. The first-order chi connectivity index (χ1) is 8.22. The molecule has 1 aromatic rings. The Bertz CT molecular complexity index is 458. The minimum Gasteiger partial charge on any atom is -0.384 e. The van der Waals surface area contributed by atoms with Crippen LogP contribution in [0.15, 0.2) is 30.4 Å². The molecule has 3 atom stereocenters. The van der Waals surface area contributed by atoms with E-state index in [-0.39, 0.29) is 0 Å². The van der Waals surface area contributed by atoms with E-state index in [1.54, 1.807) is 0 Å². The average molecular weight is 360 g/mol. The molecule has 17 heavy (non-hydrogen) atoms. The van der Waals surface area contributed by atoms with E-state index in [9.17, 15) is 0 Å². The van der Waals surface area contributed by atoms with Gasteiger partial charge in [0.2, 0.25) is 0 Å². The highest BCUT2D eigenvalue weighted by Crippen LogP contribution is 2.43. The van der Waals surface area contributed by atoms with E-state index in [0.717, 1.165) is 35.0 Å². The summed E-state index contributed by atoms with van der Waals surface area (Å²) in [6.07, 6.45) is 7.50. The van der Waals surface area contributed by atoms with E-state index in [2.05, 4.69) is 46.1 Å². The van der Waals surface area contributed by atoms with Gasteiger partial charge in [0.1, 0.15) is 0 Å². The first kappa shape index (κ1) is 11.8. The summed E-state index contributed by atoms with van der Waals surface area (Å²) in [5, 5.41) is 4.33. The van der Waals surface area contributed by atoms with Crippen LogP contribution >= 0.6 is 34.2 Å². The van der Waals surface area contributed by atoms with Gasteiger partial charge in [-0.1, -0.05) is 23.8 Å². The summed E-state index contributed by atoms with van der Waals surface area (Å²) in [5.41, 5.74) is 1.07. The Balaban J connectivity index is 1.64. The maximum absolute atomic E-state index is 6.18. The highest BCUT2D eigenvalue weighted by Gasteiger charge is 2.35. The Morgan fingerprint density at radius 3 is 2.88 bits per heavy atom. The van der Waals surface area contributed by atoms with Crippen molar-refractivity contribution in [1.82, 2.24) is 0 Å². The second kappa shape index (κ2) is 4.81. The van der Waals surface area contributed by atoms with Crippen molar-refractivity contribution in [3.63, 3.8) is 0 Å². The van der Waals surface area contributed by atoms with Crippen LogP contribution < -0.4 is 5.32 Å². The minimum absolute atomic E-state index is 0.791. The fourth-order valence-electron chi connectivity index (χ4n) is 3.00. The summed E-state index contributed by atoms with van der Waals surface area (Å²) < 4.78 is 1.22. The Morgan fingerprint density at radius 2 is 2.18 bits per heavy atom. The molecule has 0 saturated heterocycles. The second-order valence-electron chi connectivity index (χ2n) is 5.05. The SMILES string of the molecule is Clc1ccc(I)cc1NCC1CC2C=CC1C2. The van der Waals surface area contributed by atoms with Crippen LogP contribution in [-0.2, 0) is 0 Å². The van der Waals surface area contributed by atoms with Crippen molar-refractivity contribution in [2.24, 2.45) is 17.8 Å². The van der Waals surface area contributed by atoms with Gasteiger partial charge in [-0.3, -0.25) is 0 Å². The lowest BCUT2D eigenvalue weighted by Gasteiger charge is -2.19. The van der Waals surface area contributed by atoms with E-state index in [4.69, 9.17) is 11.6 Å². The maximum Gasteiger partial charge on any atom is 0.0638 e. The van der Waals surface area contributed by atoms with Gasteiger partial charge in [-0.25, -0.2) is 0 Å². The fraction of sp³-hybridized carbons (Fsp3) is 0.429. The number of allylic oxidation sites excluding steroid dienone is 2. The molecule has 0 aliphatic heterocycles. The molecule has 3 unspecified atom stereocenters. The van der Waals surface area contributed by atoms with Crippen molar-refractivity contribution in [3.8, 4) is 0 Å². The third kappa shape index (κ3) is 2.48. The molecule has 0 heterocycles. The topological polar surface area (TPSA) is 12.0 Å². The predicted octanol–water partition coefficient (Wildman–Crippen LogP) is 4.57. The largest absolute Gasteiger partial charge is 0.384 e. The zero-order chi connectivity index (χ0) is 11.8. The van der Waals surface area contributed by atoms with Crippen molar-refractivity contribution in [2.75, 3.05) is 11.9 Å². The van der Waals surface area contributed by atoms with Crippen LogP contribution in [0.2, 0.25) is 5.02 Å². The van der Waals surface area contributed by atoms with Crippen LogP contribution in [0.25, 0.3) is 0 Å². The van der Waals surface area contributed by atoms with Gasteiger partial charge in [0.15, 0.2) is 0 Å². The summed E-state index contributed by atoms with van der Waals surface area (Å²) in [4.78, 5) is 0. The molecule has 90 valence electrons. The van der Waals surface area contributed by atoms with Crippen molar-refractivity contribution < 1.29 is 0 Å². The highest BCUT2D eigenvalue weighted by atomic mass is 127. The molecule has 1 nitrogen and oxygen atoms in total. The van der Waals surface area contributed by atoms with Gasteiger partial charge in [-0.2, -0.15) is 0 Å². The molecule has 0 aromatic heterocycles. The van der Waals surface area contributed by atoms with Gasteiger partial charge in [-0.05, 0) is 71.4 Å². The van der Waals surface area contributed by atoms with Crippen LogP contribution in [0.4, 0.5) is 5.69 Å². The number of hydrogen-bond donors (Lipinski definition) is 1. The monoisotopic (exact) mass is 359 g/mol. The van der Waals surface area contributed by atoms with Gasteiger partial charge in [0.05, 0.1) is 10.7 Å². The third-order valence-electron chi connectivity index (χ3n) is 3.90. The van der Waals surface area contributed by atoms with Gasteiger partial charge in [0.25, 0.3) is 0 Å². The molecule has 2 bridgehead atoms. The molecule has 1 aromatic carbocycles. The first-order valence-corrected chi connectivity index (χ1v) is 7.55. The molecule has 1 N–H and O–H groups in total. The lowest BCUT2D eigenvalue weighted by Crippen LogP contribution is -2.18. The fourth-order valence-corrected chi connectivity index (χ4v) is 3.68. The van der Waals surface area contributed by atoms with Crippen LogP contribution in [0.5, 0.6) is 0 Å². The Labute approximate surface area is 121 Å². The van der Waals surface area contributed by atoms with Crippen LogP contribution in [-0.4, -0.2) is 6.54 Å². The van der Waals surface area contributed by atoms with E-state index < -0.39 is 0 Å². The minimum atomic E-state index is 0.791. The Hall–Kier alpha value is -0.220. The number of halogens is 2. The molecular formula is C14H15ClIN. The van der Waals surface area contributed by atoms with Gasteiger partial charge >= 0.3 is 0 Å². The summed E-state index contributed by atoms with van der Waals surface area (Å²) in [6.45, 7) is 1.05. The number of hydrogen-bond acceptors (Lipinski definition) is 1. The normalized spacial score (nSPS) is 29.9. The number of benzene rings is 1. The molecule has 1 fully saturated rings. The molecule has 0 amide bonds. The van der Waals surface area contributed by atoms with E-state index in [0.29, 0.717) is 0 Å². The number of anilines is 1. The zero-order valence-electron chi connectivity index (χ0n) is 9.50. The Kier molecular flexibility index (Phi) is 3.35. The Morgan fingerprint density at radius 1 is 1.29 bits per heavy atom. The molecular weight excluding hydrogens is 345 g/mol. The third-order valence-corrected chi connectivity index (χ3v) is 4.90. The average Bonchev–Trinajstić information content (AvgIpc) is 2.92. The van der Waals surface area contributed by atoms with Crippen molar-refractivity contribution in [2.45, 2.75) is 12.8 Å². The molecule has 2 aliphatic rings. The quantitative estimate of drug-likeness (QED) is 0.616. The van der Waals surface area contributed by atoms with Crippen LogP contribution in [0.3, 0.4) is 0 Å². The van der Waals surface area contributed by atoms with Crippen LogP contribution in [0.1, 0.15) is 12.8 Å². The van der Waals surface area contributed by atoms with Gasteiger partial charge < -0.3 is 5.32 Å². The smallest absolute Gasteiger partial charge is 0.0638 e. The molecule has 3 rings (SSSR count). The molecule has 2 aliphatic carbocycles. The van der Waals surface area contributed by atoms with E-state index in [1.165, 1.54) is 16.4 Å². The molecule has 1 saturated carbocycles. The van der Waals surface area contributed by atoms with Gasteiger partial charge in [-0.15, -0.1) is 0 Å². The molecule has 0 radical (unpaired) electrons. The summed E-state index contributed by atoms with van der Waals surface area (Å²) in [6, 6.07) is 6.12. The van der Waals surface area contributed by atoms with E-state index in [1.807, 2.05) is 12.1 Å². The molecule has 0 spiro atoms. The second-order valence-corrected chi connectivity index (χ2v) is 6.70. The standard InChI is InChI=1S/C14H15ClIN/c15-13-4-3-12(16)7-14(13)17-8-11-6-9-1-2-10(11)5-9/h1-4,7,9-11,17H,5-6,8H2. The highest BCUT2D eigenvalue weighted by molar-refractivity contribution is 14.1.